The minimum absolute atomic E-state index is 0.244. The fourth-order valence-electron chi connectivity index (χ4n) is 3.16. The Kier molecular flexibility index (Phi) is 4.33. The second kappa shape index (κ2) is 6.18. The number of thiophene rings is 1. The molecule has 0 bridgehead atoms. The van der Waals surface area contributed by atoms with E-state index < -0.39 is 0 Å². The number of nitrogens with zero attached hydrogens (tertiary/aromatic N) is 1. The van der Waals surface area contributed by atoms with Gasteiger partial charge in [0.1, 0.15) is 0 Å². The Balaban J connectivity index is 1.63. The van der Waals surface area contributed by atoms with E-state index in [0.717, 1.165) is 26.1 Å². The van der Waals surface area contributed by atoms with Crippen LogP contribution in [0.2, 0.25) is 0 Å². The van der Waals surface area contributed by atoms with Crippen LogP contribution in [0.5, 0.6) is 0 Å². The highest BCUT2D eigenvalue weighted by Gasteiger charge is 2.43. The average molecular weight is 279 g/mol. The zero-order chi connectivity index (χ0) is 13.1. The van der Waals surface area contributed by atoms with Crippen LogP contribution in [-0.4, -0.2) is 42.9 Å². The molecule has 0 N–H and O–H groups in total. The molecule has 0 amide bonds. The van der Waals surface area contributed by atoms with Crippen LogP contribution in [-0.2, 0) is 16.0 Å². The van der Waals surface area contributed by atoms with Gasteiger partial charge in [-0.3, -0.25) is 4.90 Å². The Morgan fingerprint density at radius 3 is 3.26 bits per heavy atom. The fraction of sp³-hybridized carbons (Fsp3) is 0.600. The number of ether oxygens (including phenoxy) is 2. The van der Waals surface area contributed by atoms with Gasteiger partial charge < -0.3 is 9.47 Å². The molecular weight excluding hydrogens is 258 g/mol. The summed E-state index contributed by atoms with van der Waals surface area (Å²) < 4.78 is 11.8. The Bertz CT molecular complexity index is 406. The van der Waals surface area contributed by atoms with Crippen molar-refractivity contribution in [1.29, 1.82) is 0 Å². The van der Waals surface area contributed by atoms with Crippen LogP contribution in [0.15, 0.2) is 30.2 Å². The third-order valence-corrected chi connectivity index (χ3v) is 4.88. The number of morpholine rings is 1. The molecule has 2 heterocycles. The monoisotopic (exact) mass is 279 g/mol. The van der Waals surface area contributed by atoms with Crippen molar-refractivity contribution in [3.05, 3.63) is 35.0 Å². The summed E-state index contributed by atoms with van der Waals surface area (Å²) in [5, 5.41) is 2.15. The first-order valence-electron chi connectivity index (χ1n) is 6.99. The van der Waals surface area contributed by atoms with Crippen LogP contribution in [0.4, 0.5) is 0 Å². The molecular formula is C15H21NO2S. The van der Waals surface area contributed by atoms with Gasteiger partial charge in [-0.15, -0.1) is 17.9 Å². The molecule has 1 saturated heterocycles. The molecule has 0 spiro atoms. The smallest absolute Gasteiger partial charge is 0.0992 e. The highest BCUT2D eigenvalue weighted by atomic mass is 32.1. The maximum absolute atomic E-state index is 5.96. The van der Waals surface area contributed by atoms with E-state index in [-0.39, 0.29) is 12.2 Å². The predicted octanol–water partition coefficient (Wildman–Crippen LogP) is 2.68. The van der Waals surface area contributed by atoms with E-state index in [0.29, 0.717) is 12.6 Å². The summed E-state index contributed by atoms with van der Waals surface area (Å²) in [6, 6.07) is 4.86. The molecule has 1 aromatic heterocycles. The largest absolute Gasteiger partial charge is 0.373 e. The summed E-state index contributed by atoms with van der Waals surface area (Å²) in [7, 11) is 0. The Labute approximate surface area is 118 Å². The molecule has 0 aromatic carbocycles. The lowest BCUT2D eigenvalue weighted by molar-refractivity contribution is -0.111. The summed E-state index contributed by atoms with van der Waals surface area (Å²) in [6.07, 6.45) is 4.59. The van der Waals surface area contributed by atoms with E-state index >= 15 is 0 Å². The Hall–Kier alpha value is -0.680. The van der Waals surface area contributed by atoms with Crippen molar-refractivity contribution in [2.24, 2.45) is 0 Å². The predicted molar refractivity (Wildman–Crippen MR) is 77.4 cm³/mol. The second-order valence-electron chi connectivity index (χ2n) is 5.19. The molecule has 3 rings (SSSR count). The normalized spacial score (nSPS) is 31.3. The molecule has 1 aromatic rings. The van der Waals surface area contributed by atoms with E-state index in [1.165, 1.54) is 11.3 Å². The van der Waals surface area contributed by atoms with Crippen molar-refractivity contribution < 1.29 is 9.47 Å². The topological polar surface area (TPSA) is 21.7 Å². The first kappa shape index (κ1) is 13.3. The van der Waals surface area contributed by atoms with Gasteiger partial charge in [0.2, 0.25) is 0 Å². The van der Waals surface area contributed by atoms with E-state index in [9.17, 15) is 0 Å². The number of hydrogen-bond acceptors (Lipinski definition) is 4. The van der Waals surface area contributed by atoms with E-state index in [2.05, 4.69) is 29.0 Å². The van der Waals surface area contributed by atoms with E-state index in [1.54, 1.807) is 0 Å². The van der Waals surface area contributed by atoms with Crippen molar-refractivity contribution in [2.75, 3.05) is 19.8 Å². The van der Waals surface area contributed by atoms with Crippen LogP contribution < -0.4 is 0 Å². The molecule has 3 atom stereocenters. The lowest BCUT2D eigenvalue weighted by Gasteiger charge is -2.38. The molecule has 1 aliphatic carbocycles. The van der Waals surface area contributed by atoms with Crippen molar-refractivity contribution in [1.82, 2.24) is 4.90 Å². The van der Waals surface area contributed by atoms with Crippen molar-refractivity contribution in [3.63, 3.8) is 0 Å². The molecule has 1 aliphatic heterocycles. The van der Waals surface area contributed by atoms with Crippen LogP contribution in [0.1, 0.15) is 17.7 Å². The first-order chi connectivity index (χ1) is 9.38. The number of hydrogen-bond donors (Lipinski definition) is 0. The highest BCUT2D eigenvalue weighted by Crippen LogP contribution is 2.33. The molecule has 0 unspecified atom stereocenters. The first-order valence-corrected chi connectivity index (χ1v) is 7.87. The van der Waals surface area contributed by atoms with Crippen LogP contribution in [0, 0.1) is 0 Å². The van der Waals surface area contributed by atoms with Gasteiger partial charge in [0.25, 0.3) is 0 Å². The van der Waals surface area contributed by atoms with Gasteiger partial charge in [0, 0.05) is 24.0 Å². The average Bonchev–Trinajstić information content (AvgIpc) is 3.06. The molecule has 2 fully saturated rings. The van der Waals surface area contributed by atoms with E-state index in [4.69, 9.17) is 9.47 Å². The fourth-order valence-corrected chi connectivity index (χ4v) is 3.89. The summed E-state index contributed by atoms with van der Waals surface area (Å²) >= 11 is 1.84. The standard InChI is InChI=1S/C15H21NO2S/c1-2-8-17-14-6-5-13-15(14)18-9-7-16(13)11-12-4-3-10-19-12/h2-4,10,13-15H,1,5-9,11H2/t13-,14+,15+/m0/s1. The van der Waals surface area contributed by atoms with Gasteiger partial charge in [-0.2, -0.15) is 0 Å². The summed E-state index contributed by atoms with van der Waals surface area (Å²) in [6.45, 7) is 7.25. The second-order valence-corrected chi connectivity index (χ2v) is 6.22. The van der Waals surface area contributed by atoms with Gasteiger partial charge in [-0.05, 0) is 24.3 Å². The maximum atomic E-state index is 5.96. The van der Waals surface area contributed by atoms with E-state index in [1.807, 2.05) is 17.4 Å². The van der Waals surface area contributed by atoms with Gasteiger partial charge in [-0.1, -0.05) is 12.1 Å². The number of fused-ring (bicyclic) bond motifs is 1. The lowest BCUT2D eigenvalue weighted by atomic mass is 10.1. The third kappa shape index (κ3) is 2.92. The molecule has 1 saturated carbocycles. The van der Waals surface area contributed by atoms with Crippen molar-refractivity contribution in [2.45, 2.75) is 37.6 Å². The van der Waals surface area contributed by atoms with Gasteiger partial charge in [-0.25, -0.2) is 0 Å². The number of rotatable bonds is 5. The molecule has 4 heteroatoms. The molecule has 19 heavy (non-hydrogen) atoms. The van der Waals surface area contributed by atoms with Crippen LogP contribution >= 0.6 is 11.3 Å². The molecule has 104 valence electrons. The summed E-state index contributed by atoms with van der Waals surface area (Å²) in [5.41, 5.74) is 0. The summed E-state index contributed by atoms with van der Waals surface area (Å²) in [5.74, 6) is 0. The summed E-state index contributed by atoms with van der Waals surface area (Å²) in [4.78, 5) is 4.01. The minimum atomic E-state index is 0.244. The highest BCUT2D eigenvalue weighted by molar-refractivity contribution is 7.09. The Morgan fingerprint density at radius 1 is 1.53 bits per heavy atom. The van der Waals surface area contributed by atoms with Crippen LogP contribution in [0.25, 0.3) is 0 Å². The SMILES string of the molecule is C=CCO[C@@H]1CC[C@H]2[C@H]1OCCN2Cc1cccs1. The lowest BCUT2D eigenvalue weighted by Crippen LogP contribution is -2.51. The maximum Gasteiger partial charge on any atom is 0.0992 e. The van der Waals surface area contributed by atoms with Gasteiger partial charge in [0.15, 0.2) is 0 Å². The van der Waals surface area contributed by atoms with Gasteiger partial charge >= 0.3 is 0 Å². The third-order valence-electron chi connectivity index (χ3n) is 4.02. The van der Waals surface area contributed by atoms with Crippen molar-refractivity contribution >= 4 is 11.3 Å². The molecule has 0 radical (unpaired) electrons. The zero-order valence-corrected chi connectivity index (χ0v) is 12.0. The minimum Gasteiger partial charge on any atom is -0.373 e. The quantitative estimate of drug-likeness (QED) is 0.774. The van der Waals surface area contributed by atoms with Gasteiger partial charge in [0.05, 0.1) is 25.4 Å². The van der Waals surface area contributed by atoms with Crippen LogP contribution in [0.3, 0.4) is 0 Å². The molecule has 2 aliphatic rings. The van der Waals surface area contributed by atoms with Crippen molar-refractivity contribution in [3.8, 4) is 0 Å². The molecule has 3 nitrogen and oxygen atoms in total. The zero-order valence-electron chi connectivity index (χ0n) is 11.2. The Morgan fingerprint density at radius 2 is 2.47 bits per heavy atom.